The number of hydrogen-bond acceptors (Lipinski definition) is 8. The lowest BCUT2D eigenvalue weighted by Crippen LogP contribution is -2.17. The Hall–Kier alpha value is -3.05. The number of methoxy groups -OCH3 is 1. The molecule has 0 atom stereocenters. The quantitative estimate of drug-likeness (QED) is 0.192. The summed E-state index contributed by atoms with van der Waals surface area (Å²) in [5, 5.41) is 15.4. The SMILES string of the molecule is COc1ccc(NC(=O)CSc2nnc(N/N=C(\C)c3ccc(Br)cc3)n2N)cc1. The maximum atomic E-state index is 12.2. The van der Waals surface area contributed by atoms with Gasteiger partial charge in [0.05, 0.1) is 18.6 Å². The van der Waals surface area contributed by atoms with Crippen LogP contribution in [-0.4, -0.2) is 39.4 Å². The van der Waals surface area contributed by atoms with Crippen LogP contribution in [0.5, 0.6) is 5.75 Å². The highest BCUT2D eigenvalue weighted by Crippen LogP contribution is 2.19. The Kier molecular flexibility index (Phi) is 7.31. The van der Waals surface area contributed by atoms with Gasteiger partial charge in [0, 0.05) is 10.2 Å². The van der Waals surface area contributed by atoms with E-state index in [0.29, 0.717) is 10.8 Å². The fourth-order valence-corrected chi connectivity index (χ4v) is 3.26. The Morgan fingerprint density at radius 2 is 1.90 bits per heavy atom. The average Bonchev–Trinajstić information content (AvgIpc) is 3.11. The summed E-state index contributed by atoms with van der Waals surface area (Å²) in [6.07, 6.45) is 0. The lowest BCUT2D eigenvalue weighted by atomic mass is 10.1. The van der Waals surface area contributed by atoms with Gasteiger partial charge in [0.15, 0.2) is 0 Å². The second-order valence-electron chi connectivity index (χ2n) is 6.06. The standard InChI is InChI=1S/C19H20BrN7O2S/c1-12(13-3-5-14(20)6-4-13)23-24-18-25-26-19(27(18)21)30-11-17(28)22-15-7-9-16(29-2)10-8-15/h3-10H,11,21H2,1-2H3,(H,22,28)(H,24,25)/b23-12+. The molecule has 0 aliphatic heterocycles. The summed E-state index contributed by atoms with van der Waals surface area (Å²) in [6, 6.07) is 14.8. The van der Waals surface area contributed by atoms with Crippen LogP contribution in [0.15, 0.2) is 63.3 Å². The van der Waals surface area contributed by atoms with E-state index in [1.165, 1.54) is 16.4 Å². The number of aromatic nitrogens is 3. The summed E-state index contributed by atoms with van der Waals surface area (Å²) in [7, 11) is 1.59. The zero-order valence-corrected chi connectivity index (χ0v) is 18.7. The summed E-state index contributed by atoms with van der Waals surface area (Å²) < 4.78 is 7.34. The van der Waals surface area contributed by atoms with Crippen molar-refractivity contribution in [3.8, 4) is 5.75 Å². The van der Waals surface area contributed by atoms with E-state index in [2.05, 4.69) is 42.0 Å². The van der Waals surface area contributed by atoms with Crippen molar-refractivity contribution >= 4 is 50.9 Å². The molecule has 2 aromatic carbocycles. The molecule has 0 aliphatic rings. The molecule has 156 valence electrons. The Morgan fingerprint density at radius 3 is 2.57 bits per heavy atom. The summed E-state index contributed by atoms with van der Waals surface area (Å²) in [4.78, 5) is 12.2. The van der Waals surface area contributed by atoms with Crippen molar-refractivity contribution in [2.24, 2.45) is 5.10 Å². The second-order valence-corrected chi connectivity index (χ2v) is 7.92. The van der Waals surface area contributed by atoms with Gasteiger partial charge in [-0.05, 0) is 48.9 Å². The largest absolute Gasteiger partial charge is 0.497 e. The van der Waals surface area contributed by atoms with Crippen LogP contribution < -0.4 is 21.3 Å². The molecule has 1 amide bonds. The third-order valence-electron chi connectivity index (χ3n) is 3.96. The molecular formula is C19H20BrN7O2S. The van der Waals surface area contributed by atoms with Crippen molar-refractivity contribution in [2.45, 2.75) is 12.1 Å². The highest BCUT2D eigenvalue weighted by molar-refractivity contribution is 9.10. The molecule has 0 aliphatic carbocycles. The van der Waals surface area contributed by atoms with Gasteiger partial charge in [0.25, 0.3) is 5.95 Å². The predicted molar refractivity (Wildman–Crippen MR) is 122 cm³/mol. The average molecular weight is 490 g/mol. The van der Waals surface area contributed by atoms with E-state index in [0.717, 1.165) is 21.5 Å². The first-order valence-electron chi connectivity index (χ1n) is 8.79. The molecule has 3 rings (SSSR count). The number of hydrazone groups is 1. The number of anilines is 2. The number of benzene rings is 2. The predicted octanol–water partition coefficient (Wildman–Crippen LogP) is 3.33. The number of nitrogens with one attached hydrogen (secondary N) is 2. The van der Waals surface area contributed by atoms with E-state index in [1.54, 1.807) is 31.4 Å². The smallest absolute Gasteiger partial charge is 0.264 e. The molecular weight excluding hydrogens is 470 g/mol. The van der Waals surface area contributed by atoms with Crippen LogP contribution in [0.25, 0.3) is 0 Å². The van der Waals surface area contributed by atoms with Crippen LogP contribution in [0.3, 0.4) is 0 Å². The highest BCUT2D eigenvalue weighted by atomic mass is 79.9. The van der Waals surface area contributed by atoms with Crippen LogP contribution in [0.2, 0.25) is 0 Å². The van der Waals surface area contributed by atoms with Gasteiger partial charge in [0.1, 0.15) is 5.75 Å². The maximum Gasteiger partial charge on any atom is 0.264 e. The lowest BCUT2D eigenvalue weighted by molar-refractivity contribution is -0.113. The molecule has 0 radical (unpaired) electrons. The van der Waals surface area contributed by atoms with Crippen molar-refractivity contribution in [2.75, 3.05) is 29.4 Å². The topological polar surface area (TPSA) is 119 Å². The van der Waals surface area contributed by atoms with Crippen LogP contribution in [0.1, 0.15) is 12.5 Å². The highest BCUT2D eigenvalue weighted by Gasteiger charge is 2.12. The molecule has 4 N–H and O–H groups in total. The number of halogens is 1. The van der Waals surface area contributed by atoms with E-state index < -0.39 is 0 Å². The van der Waals surface area contributed by atoms with Crippen LogP contribution in [0, 0.1) is 0 Å². The van der Waals surface area contributed by atoms with Gasteiger partial charge in [0.2, 0.25) is 11.1 Å². The number of thioether (sulfide) groups is 1. The van der Waals surface area contributed by atoms with Gasteiger partial charge >= 0.3 is 0 Å². The van der Waals surface area contributed by atoms with Gasteiger partial charge in [-0.1, -0.05) is 39.8 Å². The number of ether oxygens (including phenoxy) is 1. The summed E-state index contributed by atoms with van der Waals surface area (Å²) >= 11 is 4.57. The second kappa shape index (κ2) is 10.1. The van der Waals surface area contributed by atoms with Gasteiger partial charge in [-0.25, -0.2) is 10.1 Å². The number of nitrogen functional groups attached to an aromatic ring is 1. The zero-order chi connectivity index (χ0) is 21.5. The van der Waals surface area contributed by atoms with Crippen molar-refractivity contribution in [1.82, 2.24) is 14.9 Å². The number of nitrogens with zero attached hydrogens (tertiary/aromatic N) is 4. The molecule has 30 heavy (non-hydrogen) atoms. The Balaban J connectivity index is 1.54. The molecule has 3 aromatic rings. The number of carbonyl (C=O) groups is 1. The van der Waals surface area contributed by atoms with Crippen LogP contribution in [0.4, 0.5) is 11.6 Å². The molecule has 1 heterocycles. The fourth-order valence-electron chi connectivity index (χ4n) is 2.34. The van der Waals surface area contributed by atoms with E-state index in [-0.39, 0.29) is 17.6 Å². The molecule has 0 bridgehead atoms. The van der Waals surface area contributed by atoms with Gasteiger partial charge in [-0.15, -0.1) is 10.2 Å². The van der Waals surface area contributed by atoms with Crippen molar-refractivity contribution in [3.63, 3.8) is 0 Å². The monoisotopic (exact) mass is 489 g/mol. The minimum Gasteiger partial charge on any atom is -0.497 e. The Morgan fingerprint density at radius 1 is 1.20 bits per heavy atom. The fraction of sp³-hybridized carbons (Fsp3) is 0.158. The van der Waals surface area contributed by atoms with Crippen LogP contribution in [-0.2, 0) is 4.79 Å². The van der Waals surface area contributed by atoms with Gasteiger partial charge < -0.3 is 15.9 Å². The molecule has 0 fully saturated rings. The Labute approximate surface area is 186 Å². The normalized spacial score (nSPS) is 11.2. The van der Waals surface area contributed by atoms with Gasteiger partial charge in [-0.2, -0.15) is 5.10 Å². The first-order valence-corrected chi connectivity index (χ1v) is 10.6. The number of nitrogens with two attached hydrogens (primary N) is 1. The van der Waals surface area contributed by atoms with Crippen molar-refractivity contribution in [3.05, 3.63) is 58.6 Å². The molecule has 0 saturated heterocycles. The minimum atomic E-state index is -0.188. The number of hydrogen-bond donors (Lipinski definition) is 3. The molecule has 0 unspecified atom stereocenters. The third-order valence-corrected chi connectivity index (χ3v) is 5.43. The van der Waals surface area contributed by atoms with Crippen molar-refractivity contribution < 1.29 is 9.53 Å². The molecule has 0 spiro atoms. The summed E-state index contributed by atoms with van der Waals surface area (Å²) in [6.45, 7) is 1.87. The van der Waals surface area contributed by atoms with E-state index in [9.17, 15) is 4.79 Å². The molecule has 0 saturated carbocycles. The number of rotatable bonds is 8. The summed E-state index contributed by atoms with van der Waals surface area (Å²) in [5.74, 6) is 6.93. The minimum absolute atomic E-state index is 0.128. The first kappa shape index (κ1) is 21.7. The van der Waals surface area contributed by atoms with E-state index >= 15 is 0 Å². The van der Waals surface area contributed by atoms with Crippen LogP contribution >= 0.6 is 27.7 Å². The summed E-state index contributed by atoms with van der Waals surface area (Å²) in [5.41, 5.74) is 5.20. The lowest BCUT2D eigenvalue weighted by Gasteiger charge is -2.06. The van der Waals surface area contributed by atoms with Gasteiger partial charge in [-0.3, -0.25) is 4.79 Å². The first-order chi connectivity index (χ1) is 14.5. The molecule has 9 nitrogen and oxygen atoms in total. The maximum absolute atomic E-state index is 12.2. The van der Waals surface area contributed by atoms with E-state index in [1.807, 2.05) is 31.2 Å². The van der Waals surface area contributed by atoms with E-state index in [4.69, 9.17) is 10.6 Å². The Bertz CT molecular complexity index is 1040. The molecule has 11 heteroatoms. The zero-order valence-electron chi connectivity index (χ0n) is 16.3. The number of amides is 1. The number of carbonyl (C=O) groups excluding carboxylic acids is 1. The van der Waals surface area contributed by atoms with Crippen molar-refractivity contribution in [1.29, 1.82) is 0 Å². The third kappa shape index (κ3) is 5.74. The molecule has 1 aromatic heterocycles.